The summed E-state index contributed by atoms with van der Waals surface area (Å²) in [4.78, 5) is 16.0. The maximum absolute atomic E-state index is 11.9. The lowest BCUT2D eigenvalue weighted by Gasteiger charge is -2.26. The van der Waals surface area contributed by atoms with E-state index in [0.717, 1.165) is 26.1 Å². The third kappa shape index (κ3) is 2.26. The number of aryl methyl sites for hydroxylation is 1. The van der Waals surface area contributed by atoms with Crippen LogP contribution in [0, 0.1) is 5.92 Å². The van der Waals surface area contributed by atoms with Gasteiger partial charge in [0.25, 0.3) is 0 Å². The van der Waals surface area contributed by atoms with Crippen molar-refractivity contribution in [1.82, 2.24) is 14.9 Å². The highest BCUT2D eigenvalue weighted by molar-refractivity contribution is 5.93. The Labute approximate surface area is 89.7 Å². The van der Waals surface area contributed by atoms with Crippen LogP contribution in [-0.2, 0) is 6.54 Å². The van der Waals surface area contributed by atoms with Crippen molar-refractivity contribution in [3.8, 4) is 0 Å². The zero-order chi connectivity index (χ0) is 10.7. The molecule has 1 aromatic rings. The Morgan fingerprint density at radius 3 is 3.07 bits per heavy atom. The average molecular weight is 207 g/mol. The first kappa shape index (κ1) is 10.4. The van der Waals surface area contributed by atoms with E-state index in [9.17, 15) is 4.79 Å². The summed E-state index contributed by atoms with van der Waals surface area (Å²) >= 11 is 0. The number of hydrogen-bond donors (Lipinski definition) is 1. The minimum Gasteiger partial charge on any atom is -0.329 e. The van der Waals surface area contributed by atoms with Crippen molar-refractivity contribution in [2.75, 3.05) is 13.1 Å². The van der Waals surface area contributed by atoms with E-state index < -0.39 is 0 Å². The number of rotatable bonds is 5. The molecule has 0 amide bonds. The molecule has 2 rings (SSSR count). The van der Waals surface area contributed by atoms with Crippen LogP contribution in [0.3, 0.4) is 0 Å². The Bertz CT molecular complexity index is 341. The number of ketones is 1. The van der Waals surface area contributed by atoms with Crippen LogP contribution >= 0.6 is 0 Å². The molecular weight excluding hydrogens is 190 g/mol. The van der Waals surface area contributed by atoms with Gasteiger partial charge in [0.05, 0.1) is 0 Å². The zero-order valence-corrected chi connectivity index (χ0v) is 9.07. The molecule has 1 fully saturated rings. The molecule has 0 saturated carbocycles. The van der Waals surface area contributed by atoms with Crippen LogP contribution in [0.5, 0.6) is 0 Å². The molecule has 0 radical (unpaired) electrons. The summed E-state index contributed by atoms with van der Waals surface area (Å²) in [5.41, 5.74) is 0. The highest BCUT2D eigenvalue weighted by atomic mass is 16.1. The zero-order valence-electron chi connectivity index (χ0n) is 9.07. The number of hydrogen-bond acceptors (Lipinski definition) is 3. The third-order valence-corrected chi connectivity index (χ3v) is 2.77. The van der Waals surface area contributed by atoms with Crippen LogP contribution in [0.15, 0.2) is 12.4 Å². The van der Waals surface area contributed by atoms with Crippen molar-refractivity contribution >= 4 is 5.78 Å². The second-order valence-electron chi connectivity index (χ2n) is 4.10. The first-order chi connectivity index (χ1) is 7.31. The predicted octanol–water partition coefficient (Wildman–Crippen LogP) is 1.09. The molecular formula is C11H17N3O. The van der Waals surface area contributed by atoms with Gasteiger partial charge < -0.3 is 9.88 Å². The number of carbonyl (C=O) groups is 1. The normalized spacial score (nSPS) is 16.3. The maximum Gasteiger partial charge on any atom is 0.198 e. The first-order valence-corrected chi connectivity index (χ1v) is 5.56. The number of nitrogens with zero attached hydrogens (tertiary/aromatic N) is 2. The molecule has 15 heavy (non-hydrogen) atoms. The van der Waals surface area contributed by atoms with Crippen LogP contribution < -0.4 is 5.32 Å². The van der Waals surface area contributed by atoms with Gasteiger partial charge in [-0.15, -0.1) is 0 Å². The topological polar surface area (TPSA) is 46.9 Å². The number of Topliss-reactive ketones (excluding diaryl/α,β-unsaturated/α-hetero) is 1. The first-order valence-electron chi connectivity index (χ1n) is 5.56. The number of imidazole rings is 1. The van der Waals surface area contributed by atoms with Crippen LogP contribution in [0.25, 0.3) is 0 Å². The Hall–Kier alpha value is -1.16. The van der Waals surface area contributed by atoms with Gasteiger partial charge in [0, 0.05) is 25.4 Å². The summed E-state index contributed by atoms with van der Waals surface area (Å²) in [7, 11) is 0. The number of carbonyl (C=O) groups excluding carboxylic acids is 1. The van der Waals surface area contributed by atoms with E-state index in [1.165, 1.54) is 0 Å². The fourth-order valence-electron chi connectivity index (χ4n) is 1.83. The van der Waals surface area contributed by atoms with Gasteiger partial charge in [0.1, 0.15) is 0 Å². The summed E-state index contributed by atoms with van der Waals surface area (Å²) < 4.78 is 1.95. The maximum atomic E-state index is 11.9. The van der Waals surface area contributed by atoms with Crippen LogP contribution in [-0.4, -0.2) is 28.4 Å². The summed E-state index contributed by atoms with van der Waals surface area (Å²) in [6.07, 6.45) is 5.26. The van der Waals surface area contributed by atoms with Gasteiger partial charge in [-0.2, -0.15) is 0 Å². The molecule has 4 heteroatoms. The van der Waals surface area contributed by atoms with Crippen molar-refractivity contribution < 1.29 is 4.79 Å². The Kier molecular flexibility index (Phi) is 3.16. The molecule has 1 aliphatic rings. The largest absolute Gasteiger partial charge is 0.329 e. The SMILES string of the molecule is CCCn1ccnc1C(=O)CC1CNC1. The number of nitrogens with one attached hydrogen (secondary N) is 1. The lowest BCUT2D eigenvalue weighted by molar-refractivity contribution is 0.0931. The van der Waals surface area contributed by atoms with Crippen LogP contribution in [0.2, 0.25) is 0 Å². The third-order valence-electron chi connectivity index (χ3n) is 2.77. The Morgan fingerprint density at radius 1 is 1.67 bits per heavy atom. The summed E-state index contributed by atoms with van der Waals surface area (Å²) in [6, 6.07) is 0. The molecule has 0 atom stereocenters. The van der Waals surface area contributed by atoms with Gasteiger partial charge in [-0.05, 0) is 25.4 Å². The van der Waals surface area contributed by atoms with E-state index in [-0.39, 0.29) is 5.78 Å². The van der Waals surface area contributed by atoms with Gasteiger partial charge in [-0.3, -0.25) is 4.79 Å². The highest BCUT2D eigenvalue weighted by Crippen LogP contribution is 2.12. The molecule has 0 spiro atoms. The molecule has 1 N–H and O–H groups in total. The molecule has 1 saturated heterocycles. The van der Waals surface area contributed by atoms with E-state index >= 15 is 0 Å². The van der Waals surface area contributed by atoms with Crippen LogP contribution in [0.1, 0.15) is 30.4 Å². The summed E-state index contributed by atoms with van der Waals surface area (Å²) in [5.74, 6) is 1.33. The van der Waals surface area contributed by atoms with Crippen LogP contribution in [0.4, 0.5) is 0 Å². The molecule has 82 valence electrons. The average Bonchev–Trinajstić information content (AvgIpc) is 2.60. The second kappa shape index (κ2) is 4.57. The van der Waals surface area contributed by atoms with E-state index in [1.54, 1.807) is 6.20 Å². The Balaban J connectivity index is 2.00. The van der Waals surface area contributed by atoms with Crippen molar-refractivity contribution in [3.05, 3.63) is 18.2 Å². The molecule has 0 aromatic carbocycles. The fourth-order valence-corrected chi connectivity index (χ4v) is 1.83. The second-order valence-corrected chi connectivity index (χ2v) is 4.10. The molecule has 0 bridgehead atoms. The van der Waals surface area contributed by atoms with Gasteiger partial charge in [0.15, 0.2) is 11.6 Å². The van der Waals surface area contributed by atoms with E-state index in [4.69, 9.17) is 0 Å². The van der Waals surface area contributed by atoms with Gasteiger partial charge in [0.2, 0.25) is 0 Å². The predicted molar refractivity (Wildman–Crippen MR) is 57.8 cm³/mol. The minimum atomic E-state index is 0.181. The fraction of sp³-hybridized carbons (Fsp3) is 0.636. The molecule has 1 aromatic heterocycles. The lowest BCUT2D eigenvalue weighted by atomic mass is 9.96. The Morgan fingerprint density at radius 2 is 2.47 bits per heavy atom. The lowest BCUT2D eigenvalue weighted by Crippen LogP contribution is -2.43. The summed E-state index contributed by atoms with van der Waals surface area (Å²) in [5, 5.41) is 3.17. The summed E-state index contributed by atoms with van der Waals surface area (Å²) in [6.45, 7) is 4.93. The van der Waals surface area contributed by atoms with Gasteiger partial charge in [-0.25, -0.2) is 4.98 Å². The van der Waals surface area contributed by atoms with Gasteiger partial charge in [-0.1, -0.05) is 6.92 Å². The van der Waals surface area contributed by atoms with E-state index in [2.05, 4.69) is 17.2 Å². The van der Waals surface area contributed by atoms with Crippen molar-refractivity contribution in [1.29, 1.82) is 0 Å². The molecule has 1 aliphatic heterocycles. The van der Waals surface area contributed by atoms with E-state index in [0.29, 0.717) is 18.2 Å². The molecule has 0 unspecified atom stereocenters. The quantitative estimate of drug-likeness (QED) is 0.735. The van der Waals surface area contributed by atoms with Crippen molar-refractivity contribution in [3.63, 3.8) is 0 Å². The standard InChI is InChI=1S/C11H17N3O/c1-2-4-14-5-3-13-11(14)10(15)6-9-7-12-8-9/h3,5,9,12H,2,4,6-8H2,1H3. The van der Waals surface area contributed by atoms with Crippen molar-refractivity contribution in [2.45, 2.75) is 26.3 Å². The minimum absolute atomic E-state index is 0.181. The molecule has 0 aliphatic carbocycles. The monoisotopic (exact) mass is 207 g/mol. The number of aromatic nitrogens is 2. The molecule has 2 heterocycles. The smallest absolute Gasteiger partial charge is 0.198 e. The highest BCUT2D eigenvalue weighted by Gasteiger charge is 2.22. The van der Waals surface area contributed by atoms with Crippen molar-refractivity contribution in [2.24, 2.45) is 5.92 Å². The molecule has 4 nitrogen and oxygen atoms in total. The van der Waals surface area contributed by atoms with E-state index in [1.807, 2.05) is 10.8 Å². The van der Waals surface area contributed by atoms with Gasteiger partial charge >= 0.3 is 0 Å².